The summed E-state index contributed by atoms with van der Waals surface area (Å²) < 4.78 is 5.41. The minimum absolute atomic E-state index is 0.319. The monoisotopic (exact) mass is 211 g/mol. The number of nitrogens with one attached hydrogen (secondary N) is 1. The maximum atomic E-state index is 5.97. The summed E-state index contributed by atoms with van der Waals surface area (Å²) in [6.07, 6.45) is 0. The molecule has 0 aromatic heterocycles. The Morgan fingerprint density at radius 3 is 3.00 bits per heavy atom. The van der Waals surface area contributed by atoms with Gasteiger partial charge in [0, 0.05) is 11.6 Å². The van der Waals surface area contributed by atoms with Crippen molar-refractivity contribution in [2.75, 3.05) is 19.8 Å². The first kappa shape index (κ1) is 9.97. The third-order valence-corrected chi connectivity index (χ3v) is 2.93. The van der Waals surface area contributed by atoms with E-state index in [9.17, 15) is 0 Å². The van der Waals surface area contributed by atoms with Crippen LogP contribution in [0.1, 0.15) is 17.2 Å². The van der Waals surface area contributed by atoms with E-state index in [0.717, 1.165) is 30.3 Å². The Balaban J connectivity index is 2.18. The molecule has 1 aromatic rings. The number of aryl methyl sites for hydroxylation is 1. The smallest absolute Gasteiger partial charge is 0.0662 e. The van der Waals surface area contributed by atoms with Crippen molar-refractivity contribution in [3.63, 3.8) is 0 Å². The van der Waals surface area contributed by atoms with Crippen molar-refractivity contribution in [3.8, 4) is 0 Å². The molecule has 1 heterocycles. The van der Waals surface area contributed by atoms with E-state index in [0.29, 0.717) is 6.04 Å². The normalized spacial score (nSPS) is 22.3. The van der Waals surface area contributed by atoms with Gasteiger partial charge in [0.1, 0.15) is 0 Å². The second kappa shape index (κ2) is 4.30. The number of morpholine rings is 1. The van der Waals surface area contributed by atoms with E-state index in [4.69, 9.17) is 16.3 Å². The van der Waals surface area contributed by atoms with Crippen molar-refractivity contribution in [1.82, 2.24) is 5.32 Å². The third kappa shape index (κ3) is 2.08. The molecule has 1 saturated heterocycles. The predicted molar refractivity (Wildman–Crippen MR) is 57.8 cm³/mol. The van der Waals surface area contributed by atoms with Gasteiger partial charge in [0.25, 0.3) is 0 Å². The number of halogens is 1. The summed E-state index contributed by atoms with van der Waals surface area (Å²) >= 11 is 5.97. The van der Waals surface area contributed by atoms with Gasteiger partial charge in [0.15, 0.2) is 0 Å². The third-order valence-electron chi connectivity index (χ3n) is 2.51. The Bertz CT molecular complexity index is 321. The molecule has 1 atom stereocenters. The Labute approximate surface area is 89.2 Å². The van der Waals surface area contributed by atoms with E-state index in [1.807, 2.05) is 13.0 Å². The van der Waals surface area contributed by atoms with Gasteiger partial charge in [-0.15, -0.1) is 0 Å². The first-order chi connectivity index (χ1) is 6.77. The molecule has 1 aromatic carbocycles. The summed E-state index contributed by atoms with van der Waals surface area (Å²) in [5.41, 5.74) is 2.38. The lowest BCUT2D eigenvalue weighted by Gasteiger charge is -2.24. The van der Waals surface area contributed by atoms with Crippen LogP contribution in [0.2, 0.25) is 5.02 Å². The maximum absolute atomic E-state index is 5.97. The van der Waals surface area contributed by atoms with Crippen LogP contribution in [0.25, 0.3) is 0 Å². The van der Waals surface area contributed by atoms with Gasteiger partial charge >= 0.3 is 0 Å². The van der Waals surface area contributed by atoms with E-state index < -0.39 is 0 Å². The highest BCUT2D eigenvalue weighted by atomic mass is 35.5. The van der Waals surface area contributed by atoms with Crippen LogP contribution in [-0.4, -0.2) is 19.8 Å². The topological polar surface area (TPSA) is 21.3 Å². The second-order valence-electron chi connectivity index (χ2n) is 3.59. The van der Waals surface area contributed by atoms with Crippen LogP contribution < -0.4 is 5.32 Å². The highest BCUT2D eigenvalue weighted by Crippen LogP contribution is 2.21. The molecule has 1 N–H and O–H groups in total. The minimum Gasteiger partial charge on any atom is -0.378 e. The lowest BCUT2D eigenvalue weighted by Crippen LogP contribution is -2.34. The molecular formula is C11H14ClNO. The second-order valence-corrected chi connectivity index (χ2v) is 4.00. The molecular weight excluding hydrogens is 198 g/mol. The van der Waals surface area contributed by atoms with Crippen LogP contribution in [0.15, 0.2) is 18.2 Å². The number of hydrogen-bond acceptors (Lipinski definition) is 2. The van der Waals surface area contributed by atoms with Gasteiger partial charge in [-0.1, -0.05) is 23.7 Å². The first-order valence-corrected chi connectivity index (χ1v) is 5.22. The van der Waals surface area contributed by atoms with Gasteiger partial charge in [-0.2, -0.15) is 0 Å². The zero-order valence-corrected chi connectivity index (χ0v) is 8.97. The fourth-order valence-corrected chi connectivity index (χ4v) is 1.78. The van der Waals surface area contributed by atoms with Crippen LogP contribution >= 0.6 is 11.6 Å². The standard InChI is InChI=1S/C11H14ClNO/c1-8-6-9(2-3-10(8)12)11-7-14-5-4-13-11/h2-3,6,11,13H,4-5,7H2,1H3/t11-/m1/s1. The molecule has 0 amide bonds. The molecule has 0 saturated carbocycles. The minimum atomic E-state index is 0.319. The summed E-state index contributed by atoms with van der Waals surface area (Å²) in [6.45, 7) is 4.51. The van der Waals surface area contributed by atoms with Crippen LogP contribution in [-0.2, 0) is 4.74 Å². The molecule has 0 spiro atoms. The van der Waals surface area contributed by atoms with Crippen LogP contribution in [0.3, 0.4) is 0 Å². The summed E-state index contributed by atoms with van der Waals surface area (Å²) in [5.74, 6) is 0. The molecule has 14 heavy (non-hydrogen) atoms. The molecule has 0 unspecified atom stereocenters. The quantitative estimate of drug-likeness (QED) is 0.770. The first-order valence-electron chi connectivity index (χ1n) is 4.84. The van der Waals surface area contributed by atoms with Crippen molar-refractivity contribution in [3.05, 3.63) is 34.3 Å². The molecule has 1 fully saturated rings. The molecule has 3 heteroatoms. The molecule has 1 aliphatic heterocycles. The molecule has 0 radical (unpaired) electrons. The van der Waals surface area contributed by atoms with Gasteiger partial charge in [-0.05, 0) is 24.1 Å². The highest BCUT2D eigenvalue weighted by Gasteiger charge is 2.15. The van der Waals surface area contributed by atoms with E-state index in [-0.39, 0.29) is 0 Å². The van der Waals surface area contributed by atoms with Crippen molar-refractivity contribution in [1.29, 1.82) is 0 Å². The zero-order chi connectivity index (χ0) is 9.97. The Morgan fingerprint density at radius 1 is 1.50 bits per heavy atom. The van der Waals surface area contributed by atoms with Gasteiger partial charge < -0.3 is 10.1 Å². The van der Waals surface area contributed by atoms with Crippen molar-refractivity contribution in [2.24, 2.45) is 0 Å². The van der Waals surface area contributed by atoms with E-state index in [2.05, 4.69) is 17.4 Å². The van der Waals surface area contributed by atoms with E-state index >= 15 is 0 Å². The molecule has 2 nitrogen and oxygen atoms in total. The van der Waals surface area contributed by atoms with Gasteiger partial charge in [0.2, 0.25) is 0 Å². The van der Waals surface area contributed by atoms with Crippen molar-refractivity contribution < 1.29 is 4.74 Å². The van der Waals surface area contributed by atoms with Crippen molar-refractivity contribution in [2.45, 2.75) is 13.0 Å². The molecule has 2 rings (SSSR count). The van der Waals surface area contributed by atoms with Crippen LogP contribution in [0.4, 0.5) is 0 Å². The Kier molecular flexibility index (Phi) is 3.06. The highest BCUT2D eigenvalue weighted by molar-refractivity contribution is 6.31. The number of benzene rings is 1. The predicted octanol–water partition coefficient (Wildman–Crippen LogP) is 2.31. The number of rotatable bonds is 1. The molecule has 0 bridgehead atoms. The lowest BCUT2D eigenvalue weighted by atomic mass is 10.0. The van der Waals surface area contributed by atoms with Crippen molar-refractivity contribution >= 4 is 11.6 Å². The van der Waals surface area contributed by atoms with Crippen LogP contribution in [0, 0.1) is 6.92 Å². The van der Waals surface area contributed by atoms with E-state index in [1.54, 1.807) is 0 Å². The molecule has 1 aliphatic rings. The summed E-state index contributed by atoms with van der Waals surface area (Å²) in [6, 6.07) is 6.44. The maximum Gasteiger partial charge on any atom is 0.0662 e. The van der Waals surface area contributed by atoms with Gasteiger partial charge in [0.05, 0.1) is 19.3 Å². The SMILES string of the molecule is Cc1cc([C@H]2COCCN2)ccc1Cl. The lowest BCUT2D eigenvalue weighted by molar-refractivity contribution is 0.0769. The van der Waals surface area contributed by atoms with E-state index in [1.165, 1.54) is 5.56 Å². The number of ether oxygens (including phenoxy) is 1. The average molecular weight is 212 g/mol. The fourth-order valence-electron chi connectivity index (χ4n) is 1.66. The zero-order valence-electron chi connectivity index (χ0n) is 8.22. The summed E-state index contributed by atoms with van der Waals surface area (Å²) in [4.78, 5) is 0. The molecule has 76 valence electrons. The fraction of sp³-hybridized carbons (Fsp3) is 0.455. The largest absolute Gasteiger partial charge is 0.378 e. The summed E-state index contributed by atoms with van der Waals surface area (Å²) in [5, 5.41) is 4.24. The Morgan fingerprint density at radius 2 is 2.36 bits per heavy atom. The van der Waals surface area contributed by atoms with Gasteiger partial charge in [-0.3, -0.25) is 0 Å². The molecule has 0 aliphatic carbocycles. The Hall–Kier alpha value is -0.570. The average Bonchev–Trinajstić information content (AvgIpc) is 2.23. The number of hydrogen-bond donors (Lipinski definition) is 1. The van der Waals surface area contributed by atoms with Crippen LogP contribution in [0.5, 0.6) is 0 Å². The summed E-state index contributed by atoms with van der Waals surface area (Å²) in [7, 11) is 0. The van der Waals surface area contributed by atoms with Gasteiger partial charge in [-0.25, -0.2) is 0 Å².